The largest absolute Gasteiger partial charge is 0.490 e. The first-order valence-electron chi connectivity index (χ1n) is 10.2. The number of hydrogen-bond donors (Lipinski definition) is 1. The predicted molar refractivity (Wildman–Crippen MR) is 131 cm³/mol. The summed E-state index contributed by atoms with van der Waals surface area (Å²) >= 11 is 3.38. The van der Waals surface area contributed by atoms with E-state index in [0.29, 0.717) is 29.2 Å². The monoisotopic (exact) mass is 516 g/mol. The van der Waals surface area contributed by atoms with Crippen LogP contribution in [-0.4, -0.2) is 27.0 Å². The molecule has 0 heterocycles. The molecule has 0 aliphatic heterocycles. The summed E-state index contributed by atoms with van der Waals surface area (Å²) in [7, 11) is -3.73. The summed E-state index contributed by atoms with van der Waals surface area (Å²) in [5.41, 5.74) is 1.46. The lowest BCUT2D eigenvalue weighted by Crippen LogP contribution is -2.30. The van der Waals surface area contributed by atoms with E-state index in [0.717, 1.165) is 4.47 Å². The fourth-order valence-corrected chi connectivity index (χ4v) is 4.99. The Morgan fingerprint density at radius 3 is 2.28 bits per heavy atom. The zero-order valence-electron chi connectivity index (χ0n) is 18.1. The van der Waals surface area contributed by atoms with Crippen molar-refractivity contribution in [2.24, 2.45) is 0 Å². The minimum atomic E-state index is -3.73. The fourth-order valence-electron chi connectivity index (χ4n) is 3.16. The van der Waals surface area contributed by atoms with Gasteiger partial charge in [-0.05, 0) is 75.4 Å². The van der Waals surface area contributed by atoms with Crippen LogP contribution in [0.4, 0.5) is 11.4 Å². The van der Waals surface area contributed by atoms with Crippen LogP contribution in [0.5, 0.6) is 5.75 Å². The number of sulfonamides is 1. The van der Waals surface area contributed by atoms with E-state index >= 15 is 0 Å². The highest BCUT2D eigenvalue weighted by atomic mass is 79.9. The van der Waals surface area contributed by atoms with Gasteiger partial charge < -0.3 is 10.1 Å². The Balaban J connectivity index is 1.82. The van der Waals surface area contributed by atoms with Gasteiger partial charge in [-0.1, -0.05) is 34.1 Å². The number of carbonyl (C=O) groups is 1. The molecule has 1 amide bonds. The molecular weight excluding hydrogens is 492 g/mol. The first-order chi connectivity index (χ1) is 15.2. The number of anilines is 2. The lowest BCUT2D eigenvalue weighted by atomic mass is 10.1. The van der Waals surface area contributed by atoms with E-state index in [1.807, 2.05) is 19.9 Å². The average molecular weight is 517 g/mol. The van der Waals surface area contributed by atoms with E-state index in [4.69, 9.17) is 4.74 Å². The molecule has 3 rings (SSSR count). The zero-order chi connectivity index (χ0) is 23.3. The Hall–Kier alpha value is -2.84. The molecule has 0 saturated carbocycles. The number of halogens is 1. The molecule has 8 heteroatoms. The standard InChI is InChI=1S/C24H25BrN2O4S/c1-4-27(20-8-6-5-7-9-20)32(29,30)21-13-11-19(12-14-21)26-24(28)22-16-18(25)10-15-23(22)31-17(2)3/h5-17H,4H2,1-3H3,(H,26,28). The third-order valence-electron chi connectivity index (χ3n) is 4.58. The van der Waals surface area contributed by atoms with Crippen molar-refractivity contribution in [1.82, 2.24) is 0 Å². The van der Waals surface area contributed by atoms with Gasteiger partial charge in [0.15, 0.2) is 0 Å². The molecule has 32 heavy (non-hydrogen) atoms. The van der Waals surface area contributed by atoms with Crippen LogP contribution >= 0.6 is 15.9 Å². The summed E-state index contributed by atoms with van der Waals surface area (Å²) in [6.45, 7) is 5.86. The second kappa shape index (κ2) is 10.2. The van der Waals surface area contributed by atoms with Crippen LogP contribution in [0.15, 0.2) is 82.2 Å². The smallest absolute Gasteiger partial charge is 0.264 e. The Bertz CT molecular complexity index is 1180. The summed E-state index contributed by atoms with van der Waals surface area (Å²) < 4.78 is 34.1. The summed E-state index contributed by atoms with van der Waals surface area (Å²) in [6.07, 6.45) is -0.0849. The number of hydrogen-bond acceptors (Lipinski definition) is 4. The van der Waals surface area contributed by atoms with Gasteiger partial charge in [0.25, 0.3) is 15.9 Å². The minimum Gasteiger partial charge on any atom is -0.490 e. The molecule has 0 fully saturated rings. The van der Waals surface area contributed by atoms with Crippen molar-refractivity contribution in [3.63, 3.8) is 0 Å². The number of nitrogens with zero attached hydrogens (tertiary/aromatic N) is 1. The molecular formula is C24H25BrN2O4S. The number of carbonyl (C=O) groups excluding carboxylic acids is 1. The van der Waals surface area contributed by atoms with Crippen molar-refractivity contribution in [3.05, 3.63) is 82.8 Å². The molecule has 0 saturated heterocycles. The Kier molecular flexibility index (Phi) is 7.58. The number of amides is 1. The number of ether oxygens (including phenoxy) is 1. The van der Waals surface area contributed by atoms with Crippen LogP contribution in [-0.2, 0) is 10.0 Å². The normalized spacial score (nSPS) is 11.3. The van der Waals surface area contributed by atoms with Gasteiger partial charge in [-0.25, -0.2) is 8.42 Å². The Labute approximate surface area is 197 Å². The summed E-state index contributed by atoms with van der Waals surface area (Å²) in [5.74, 6) is 0.123. The lowest BCUT2D eigenvalue weighted by Gasteiger charge is -2.23. The quantitative estimate of drug-likeness (QED) is 0.416. The molecule has 0 aromatic heterocycles. The first kappa shape index (κ1) is 23.8. The third kappa shape index (κ3) is 5.49. The topological polar surface area (TPSA) is 75.7 Å². The van der Waals surface area contributed by atoms with E-state index in [9.17, 15) is 13.2 Å². The minimum absolute atomic E-state index is 0.0849. The van der Waals surface area contributed by atoms with Crippen LogP contribution in [0.3, 0.4) is 0 Å². The second-order valence-corrected chi connectivity index (χ2v) is 10.1. The highest BCUT2D eigenvalue weighted by molar-refractivity contribution is 9.10. The predicted octanol–water partition coefficient (Wildman–Crippen LogP) is 5.70. The fraction of sp³-hybridized carbons (Fsp3) is 0.208. The van der Waals surface area contributed by atoms with Crippen molar-refractivity contribution in [2.75, 3.05) is 16.2 Å². The van der Waals surface area contributed by atoms with Gasteiger partial charge in [-0.3, -0.25) is 9.10 Å². The third-order valence-corrected chi connectivity index (χ3v) is 6.99. The molecule has 0 atom stereocenters. The van der Waals surface area contributed by atoms with Crippen molar-refractivity contribution in [3.8, 4) is 5.75 Å². The second-order valence-electron chi connectivity index (χ2n) is 7.29. The molecule has 0 bridgehead atoms. The summed E-state index contributed by atoms with van der Waals surface area (Å²) in [5, 5.41) is 2.80. The lowest BCUT2D eigenvalue weighted by molar-refractivity contribution is 0.102. The van der Waals surface area contributed by atoms with E-state index in [1.165, 1.54) is 16.4 Å². The van der Waals surface area contributed by atoms with E-state index in [2.05, 4.69) is 21.2 Å². The van der Waals surface area contributed by atoms with Gasteiger partial charge in [0.1, 0.15) is 5.75 Å². The van der Waals surface area contributed by atoms with Crippen LogP contribution in [0.25, 0.3) is 0 Å². The highest BCUT2D eigenvalue weighted by Gasteiger charge is 2.23. The molecule has 0 spiro atoms. The van der Waals surface area contributed by atoms with Crippen LogP contribution in [0.1, 0.15) is 31.1 Å². The number of benzene rings is 3. The maximum Gasteiger partial charge on any atom is 0.264 e. The molecule has 0 aliphatic rings. The molecule has 0 radical (unpaired) electrons. The molecule has 1 N–H and O–H groups in total. The van der Waals surface area contributed by atoms with Crippen molar-refractivity contribution >= 4 is 43.2 Å². The molecule has 3 aromatic rings. The summed E-state index contributed by atoms with van der Waals surface area (Å²) in [6, 6.07) is 20.3. The van der Waals surface area contributed by atoms with Gasteiger partial charge >= 0.3 is 0 Å². The number of rotatable bonds is 8. The van der Waals surface area contributed by atoms with Gasteiger partial charge in [0, 0.05) is 16.7 Å². The van der Waals surface area contributed by atoms with Gasteiger partial charge in [-0.15, -0.1) is 0 Å². The van der Waals surface area contributed by atoms with Crippen LogP contribution < -0.4 is 14.4 Å². The number of para-hydroxylation sites is 1. The molecule has 0 aliphatic carbocycles. The van der Waals surface area contributed by atoms with E-state index in [1.54, 1.807) is 61.5 Å². The van der Waals surface area contributed by atoms with E-state index < -0.39 is 10.0 Å². The van der Waals surface area contributed by atoms with Crippen LogP contribution in [0, 0.1) is 0 Å². The maximum absolute atomic E-state index is 13.1. The molecule has 0 unspecified atom stereocenters. The Morgan fingerprint density at radius 1 is 1.03 bits per heavy atom. The molecule has 3 aromatic carbocycles. The summed E-state index contributed by atoms with van der Waals surface area (Å²) in [4.78, 5) is 13.0. The molecule has 168 valence electrons. The van der Waals surface area contributed by atoms with E-state index in [-0.39, 0.29) is 16.9 Å². The SMILES string of the molecule is CCN(c1ccccc1)S(=O)(=O)c1ccc(NC(=O)c2cc(Br)ccc2OC(C)C)cc1. The number of nitrogens with one attached hydrogen (secondary N) is 1. The first-order valence-corrected chi connectivity index (χ1v) is 12.4. The van der Waals surface area contributed by atoms with Crippen molar-refractivity contribution in [1.29, 1.82) is 0 Å². The van der Waals surface area contributed by atoms with Crippen LogP contribution in [0.2, 0.25) is 0 Å². The van der Waals surface area contributed by atoms with Gasteiger partial charge in [-0.2, -0.15) is 0 Å². The zero-order valence-corrected chi connectivity index (χ0v) is 20.5. The van der Waals surface area contributed by atoms with Crippen molar-refractivity contribution in [2.45, 2.75) is 31.8 Å². The highest BCUT2D eigenvalue weighted by Crippen LogP contribution is 2.27. The average Bonchev–Trinajstić information content (AvgIpc) is 2.76. The van der Waals surface area contributed by atoms with Crippen molar-refractivity contribution < 1.29 is 17.9 Å². The maximum atomic E-state index is 13.1. The van der Waals surface area contributed by atoms with Gasteiger partial charge in [0.05, 0.1) is 22.3 Å². The van der Waals surface area contributed by atoms with Gasteiger partial charge in [0.2, 0.25) is 0 Å². The Morgan fingerprint density at radius 2 is 1.69 bits per heavy atom. The molecule has 6 nitrogen and oxygen atoms in total.